The second-order valence-electron chi connectivity index (χ2n) is 5.31. The van der Waals surface area contributed by atoms with E-state index in [9.17, 15) is 4.79 Å². The normalized spacial score (nSPS) is 17.9. The number of hydrogen-bond donors (Lipinski definition) is 1. The number of amides is 1. The molecule has 0 fully saturated rings. The number of carbonyl (C=O) groups excluding carboxylic acids is 1. The van der Waals surface area contributed by atoms with Crippen LogP contribution in [0.15, 0.2) is 18.2 Å². The van der Waals surface area contributed by atoms with E-state index in [1.54, 1.807) is 0 Å². The third-order valence-electron chi connectivity index (χ3n) is 3.92. The number of aryl methyl sites for hydroxylation is 1. The maximum atomic E-state index is 12.2. The number of fused-ring (bicyclic) bond motifs is 1. The van der Waals surface area contributed by atoms with Crippen molar-refractivity contribution in [2.75, 3.05) is 12.3 Å². The van der Waals surface area contributed by atoms with Crippen LogP contribution in [-0.2, 0) is 11.2 Å². The summed E-state index contributed by atoms with van der Waals surface area (Å²) in [6, 6.07) is 6.37. The van der Waals surface area contributed by atoms with Crippen LogP contribution in [0.1, 0.15) is 56.7 Å². The molecular weight excluding hydrogens is 236 g/mol. The number of hydrogen-bond acceptors (Lipinski definition) is 2. The second-order valence-corrected chi connectivity index (χ2v) is 5.31. The minimum Gasteiger partial charge on any atom is -0.399 e. The molecule has 1 aromatic rings. The molecule has 2 N–H and O–H groups in total. The Balaban J connectivity index is 2.34. The standard InChI is InChI=1S/C16H24N2O/c1-3-10-18(16(19)4-2)15-7-5-6-12-8-9-13(17)11-14(12)15/h8-9,11,15H,3-7,10,17H2,1-2H3. The number of nitrogens with zero attached hydrogens (tertiary/aromatic N) is 1. The van der Waals surface area contributed by atoms with Crippen molar-refractivity contribution in [2.45, 2.75) is 52.0 Å². The summed E-state index contributed by atoms with van der Waals surface area (Å²) in [6.45, 7) is 4.90. The van der Waals surface area contributed by atoms with Gasteiger partial charge in [0.25, 0.3) is 0 Å². The zero-order valence-electron chi connectivity index (χ0n) is 12.0. The van der Waals surface area contributed by atoms with E-state index in [1.807, 2.05) is 13.0 Å². The van der Waals surface area contributed by atoms with Crippen LogP contribution < -0.4 is 5.73 Å². The summed E-state index contributed by atoms with van der Waals surface area (Å²) in [5.41, 5.74) is 9.34. The molecule has 104 valence electrons. The molecule has 0 spiro atoms. The first-order valence-corrected chi connectivity index (χ1v) is 7.35. The summed E-state index contributed by atoms with van der Waals surface area (Å²) in [5, 5.41) is 0. The molecule has 2 rings (SSSR count). The molecule has 0 saturated heterocycles. The molecule has 1 aromatic carbocycles. The second kappa shape index (κ2) is 6.09. The lowest BCUT2D eigenvalue weighted by molar-refractivity contribution is -0.133. The van der Waals surface area contributed by atoms with Gasteiger partial charge in [-0.1, -0.05) is 19.9 Å². The molecule has 0 radical (unpaired) electrons. The lowest BCUT2D eigenvalue weighted by Gasteiger charge is -2.36. The van der Waals surface area contributed by atoms with Gasteiger partial charge in [-0.05, 0) is 48.9 Å². The van der Waals surface area contributed by atoms with E-state index in [4.69, 9.17) is 5.73 Å². The highest BCUT2D eigenvalue weighted by molar-refractivity contribution is 5.76. The number of nitrogen functional groups attached to an aromatic ring is 1. The molecule has 0 bridgehead atoms. The highest BCUT2D eigenvalue weighted by Gasteiger charge is 2.28. The van der Waals surface area contributed by atoms with Crippen molar-refractivity contribution in [3.8, 4) is 0 Å². The van der Waals surface area contributed by atoms with Crippen LogP contribution in [-0.4, -0.2) is 17.4 Å². The lowest BCUT2D eigenvalue weighted by atomic mass is 9.86. The molecule has 0 aliphatic heterocycles. The molecule has 19 heavy (non-hydrogen) atoms. The average Bonchev–Trinajstić information content (AvgIpc) is 2.43. The summed E-state index contributed by atoms with van der Waals surface area (Å²) in [6.07, 6.45) is 4.89. The van der Waals surface area contributed by atoms with Crippen LogP contribution in [0.3, 0.4) is 0 Å². The first kappa shape index (κ1) is 13.9. The van der Waals surface area contributed by atoms with Gasteiger partial charge in [-0.25, -0.2) is 0 Å². The van der Waals surface area contributed by atoms with Crippen molar-refractivity contribution >= 4 is 11.6 Å². The fraction of sp³-hybridized carbons (Fsp3) is 0.562. The van der Waals surface area contributed by atoms with Gasteiger partial charge in [0.05, 0.1) is 6.04 Å². The van der Waals surface area contributed by atoms with Crippen LogP contribution in [0.4, 0.5) is 5.69 Å². The molecule has 1 unspecified atom stereocenters. The number of benzene rings is 1. The largest absolute Gasteiger partial charge is 0.399 e. The Kier molecular flexibility index (Phi) is 4.46. The SMILES string of the molecule is CCCN(C(=O)CC)C1CCCc2ccc(N)cc21. The smallest absolute Gasteiger partial charge is 0.222 e. The monoisotopic (exact) mass is 260 g/mol. The number of rotatable bonds is 4. The van der Waals surface area contributed by atoms with E-state index in [0.717, 1.165) is 37.9 Å². The van der Waals surface area contributed by atoms with Crippen molar-refractivity contribution in [3.63, 3.8) is 0 Å². The summed E-state index contributed by atoms with van der Waals surface area (Å²) in [5.74, 6) is 0.252. The third-order valence-corrected chi connectivity index (χ3v) is 3.92. The Morgan fingerprint density at radius 3 is 2.89 bits per heavy atom. The van der Waals surface area contributed by atoms with E-state index in [0.29, 0.717) is 6.42 Å². The topological polar surface area (TPSA) is 46.3 Å². The molecular formula is C16H24N2O. The van der Waals surface area contributed by atoms with Crippen molar-refractivity contribution < 1.29 is 4.79 Å². The maximum absolute atomic E-state index is 12.2. The van der Waals surface area contributed by atoms with Gasteiger partial charge in [-0.15, -0.1) is 0 Å². The van der Waals surface area contributed by atoms with Crippen LogP contribution in [0.2, 0.25) is 0 Å². The van der Waals surface area contributed by atoms with Gasteiger partial charge in [0, 0.05) is 18.7 Å². The number of nitrogens with two attached hydrogens (primary N) is 1. The van der Waals surface area contributed by atoms with E-state index in [-0.39, 0.29) is 11.9 Å². The fourth-order valence-electron chi connectivity index (χ4n) is 3.01. The molecule has 0 aromatic heterocycles. The third kappa shape index (κ3) is 2.91. The maximum Gasteiger partial charge on any atom is 0.222 e. The Morgan fingerprint density at radius 2 is 2.21 bits per heavy atom. The summed E-state index contributed by atoms with van der Waals surface area (Å²) < 4.78 is 0. The van der Waals surface area contributed by atoms with Gasteiger partial charge in [-0.3, -0.25) is 4.79 Å². The molecule has 3 nitrogen and oxygen atoms in total. The average molecular weight is 260 g/mol. The Morgan fingerprint density at radius 1 is 1.42 bits per heavy atom. The van der Waals surface area contributed by atoms with Gasteiger partial charge in [0.1, 0.15) is 0 Å². The van der Waals surface area contributed by atoms with Gasteiger partial charge < -0.3 is 10.6 Å². The van der Waals surface area contributed by atoms with E-state index in [2.05, 4.69) is 24.0 Å². The first-order valence-electron chi connectivity index (χ1n) is 7.35. The lowest BCUT2D eigenvalue weighted by Crippen LogP contribution is -2.36. The number of anilines is 1. The quantitative estimate of drug-likeness (QED) is 0.844. The van der Waals surface area contributed by atoms with E-state index < -0.39 is 0 Å². The van der Waals surface area contributed by atoms with Crippen molar-refractivity contribution in [3.05, 3.63) is 29.3 Å². The van der Waals surface area contributed by atoms with Crippen LogP contribution in [0.25, 0.3) is 0 Å². The summed E-state index contributed by atoms with van der Waals surface area (Å²) >= 11 is 0. The predicted molar refractivity (Wildman–Crippen MR) is 78.8 cm³/mol. The van der Waals surface area contributed by atoms with Crippen molar-refractivity contribution in [1.82, 2.24) is 4.90 Å². The fourth-order valence-corrected chi connectivity index (χ4v) is 3.01. The Bertz CT molecular complexity index is 456. The van der Waals surface area contributed by atoms with E-state index in [1.165, 1.54) is 11.1 Å². The molecule has 0 saturated carbocycles. The van der Waals surface area contributed by atoms with Crippen LogP contribution in [0, 0.1) is 0 Å². The summed E-state index contributed by atoms with van der Waals surface area (Å²) in [4.78, 5) is 14.2. The van der Waals surface area contributed by atoms with Crippen LogP contribution >= 0.6 is 0 Å². The van der Waals surface area contributed by atoms with E-state index >= 15 is 0 Å². The number of carbonyl (C=O) groups is 1. The highest BCUT2D eigenvalue weighted by atomic mass is 16.2. The van der Waals surface area contributed by atoms with Gasteiger partial charge in [0.15, 0.2) is 0 Å². The van der Waals surface area contributed by atoms with Gasteiger partial charge >= 0.3 is 0 Å². The predicted octanol–water partition coefficient (Wildman–Crippen LogP) is 3.29. The molecule has 1 aliphatic rings. The van der Waals surface area contributed by atoms with Gasteiger partial charge in [0.2, 0.25) is 5.91 Å². The first-order chi connectivity index (χ1) is 9.17. The minimum atomic E-state index is 0.222. The zero-order chi connectivity index (χ0) is 13.8. The molecule has 1 atom stereocenters. The summed E-state index contributed by atoms with van der Waals surface area (Å²) in [7, 11) is 0. The van der Waals surface area contributed by atoms with Crippen molar-refractivity contribution in [2.24, 2.45) is 0 Å². The van der Waals surface area contributed by atoms with Crippen LogP contribution in [0.5, 0.6) is 0 Å². The van der Waals surface area contributed by atoms with Gasteiger partial charge in [-0.2, -0.15) is 0 Å². The van der Waals surface area contributed by atoms with Crippen molar-refractivity contribution in [1.29, 1.82) is 0 Å². The molecule has 0 heterocycles. The Labute approximate surface area is 115 Å². The molecule has 1 aliphatic carbocycles. The highest BCUT2D eigenvalue weighted by Crippen LogP contribution is 2.35. The zero-order valence-corrected chi connectivity index (χ0v) is 12.0. The Hall–Kier alpha value is -1.51. The molecule has 3 heteroatoms. The minimum absolute atomic E-state index is 0.222. The molecule has 1 amide bonds.